The first-order chi connectivity index (χ1) is 16.5. The van der Waals surface area contributed by atoms with Gasteiger partial charge in [-0.05, 0) is 42.0 Å². The first kappa shape index (κ1) is 23.5. The molecule has 178 valence electrons. The van der Waals surface area contributed by atoms with Gasteiger partial charge in [-0.3, -0.25) is 14.5 Å². The van der Waals surface area contributed by atoms with Crippen molar-refractivity contribution in [3.8, 4) is 11.5 Å². The molecule has 1 N–H and O–H groups in total. The summed E-state index contributed by atoms with van der Waals surface area (Å²) in [6.07, 6.45) is 4.98. The van der Waals surface area contributed by atoms with E-state index in [0.717, 1.165) is 18.7 Å². The quantitative estimate of drug-likeness (QED) is 0.662. The fourth-order valence-electron chi connectivity index (χ4n) is 4.07. The molecule has 2 aromatic carbocycles. The predicted molar refractivity (Wildman–Crippen MR) is 131 cm³/mol. The van der Waals surface area contributed by atoms with Crippen LogP contribution in [0.3, 0.4) is 0 Å². The number of methoxy groups -OCH3 is 1. The minimum Gasteiger partial charge on any atom is -0.496 e. The van der Waals surface area contributed by atoms with Crippen LogP contribution in [0.25, 0.3) is 12.2 Å². The van der Waals surface area contributed by atoms with Gasteiger partial charge in [-0.15, -0.1) is 0 Å². The lowest BCUT2D eigenvalue weighted by atomic mass is 10.1. The van der Waals surface area contributed by atoms with Gasteiger partial charge >= 0.3 is 0 Å². The largest absolute Gasteiger partial charge is 0.496 e. The number of ether oxygens (including phenoxy) is 2. The molecule has 0 unspecified atom stereocenters. The smallest absolute Gasteiger partial charge is 0.293 e. The summed E-state index contributed by atoms with van der Waals surface area (Å²) in [6.45, 7) is 3.55. The number of para-hydroxylation sites is 2. The van der Waals surface area contributed by atoms with E-state index in [2.05, 4.69) is 4.90 Å². The Labute approximate surface area is 199 Å². The number of hydrogen-bond donors (Lipinski definition) is 1. The number of carbonyl (C=O) groups is 2. The average Bonchev–Trinajstić information content (AvgIpc) is 2.86. The zero-order valence-corrected chi connectivity index (χ0v) is 19.4. The highest BCUT2D eigenvalue weighted by Gasteiger charge is 2.27. The third-order valence-electron chi connectivity index (χ3n) is 6.02. The average molecular weight is 464 g/mol. The summed E-state index contributed by atoms with van der Waals surface area (Å²) in [5, 5.41) is 9.06. The maximum atomic E-state index is 12.8. The van der Waals surface area contributed by atoms with Crippen LogP contribution in [0.1, 0.15) is 11.1 Å². The fourth-order valence-corrected chi connectivity index (χ4v) is 4.07. The van der Waals surface area contributed by atoms with Gasteiger partial charge in [-0.25, -0.2) is 0 Å². The second kappa shape index (κ2) is 10.5. The van der Waals surface area contributed by atoms with Crippen molar-refractivity contribution in [1.29, 1.82) is 0 Å². The number of hydrogen-bond acceptors (Lipinski definition) is 6. The van der Waals surface area contributed by atoms with E-state index in [0.29, 0.717) is 42.4 Å². The van der Waals surface area contributed by atoms with E-state index in [4.69, 9.17) is 14.6 Å². The first-order valence-corrected chi connectivity index (χ1v) is 11.2. The third-order valence-corrected chi connectivity index (χ3v) is 6.02. The number of benzene rings is 2. The Morgan fingerprint density at radius 1 is 1.15 bits per heavy atom. The number of piperazine rings is 1. The summed E-state index contributed by atoms with van der Waals surface area (Å²) < 4.78 is 11.4. The molecular weight excluding hydrogens is 434 g/mol. The Morgan fingerprint density at radius 3 is 2.65 bits per heavy atom. The fraction of sp³-hybridized carbons (Fsp3) is 0.308. The van der Waals surface area contributed by atoms with Crippen molar-refractivity contribution in [1.82, 2.24) is 9.80 Å². The maximum absolute atomic E-state index is 12.8. The van der Waals surface area contributed by atoms with E-state index in [9.17, 15) is 9.59 Å². The zero-order valence-electron chi connectivity index (χ0n) is 19.4. The highest BCUT2D eigenvalue weighted by molar-refractivity contribution is 6.09. The number of amides is 2. The second-order valence-electron chi connectivity index (χ2n) is 8.17. The Balaban J connectivity index is 1.51. The van der Waals surface area contributed by atoms with Crippen molar-refractivity contribution in [2.24, 2.45) is 0 Å². The van der Waals surface area contributed by atoms with Gasteiger partial charge in [0.15, 0.2) is 11.5 Å². The van der Waals surface area contributed by atoms with Crippen molar-refractivity contribution in [2.75, 3.05) is 58.4 Å². The second-order valence-corrected chi connectivity index (χ2v) is 8.17. The normalized spacial score (nSPS) is 17.7. The molecular formula is C26H29N3O5. The molecule has 0 aliphatic carbocycles. The lowest BCUT2D eigenvalue weighted by Gasteiger charge is -2.33. The SMILES string of the molecule is COc1ccc(/C=C/C(=O)N2CCN(CCO)CC2)cc1/C=C1\Oc2ccccc2N(C)C1=O. The molecule has 1 fully saturated rings. The van der Waals surface area contributed by atoms with E-state index >= 15 is 0 Å². The van der Waals surface area contributed by atoms with Crippen LogP contribution in [0.15, 0.2) is 54.3 Å². The molecule has 0 aromatic heterocycles. The molecule has 0 saturated carbocycles. The number of aliphatic hydroxyl groups is 1. The number of aliphatic hydroxyl groups excluding tert-OH is 1. The number of carbonyl (C=O) groups excluding carboxylic acids is 2. The highest BCUT2D eigenvalue weighted by atomic mass is 16.5. The summed E-state index contributed by atoms with van der Waals surface area (Å²) in [5.41, 5.74) is 2.19. The van der Waals surface area contributed by atoms with Crippen LogP contribution in [-0.4, -0.2) is 80.2 Å². The van der Waals surface area contributed by atoms with Gasteiger partial charge in [0, 0.05) is 51.4 Å². The van der Waals surface area contributed by atoms with Crippen molar-refractivity contribution in [3.05, 3.63) is 65.4 Å². The summed E-state index contributed by atoms with van der Waals surface area (Å²) in [7, 11) is 3.28. The minimum absolute atomic E-state index is 0.0524. The topological polar surface area (TPSA) is 82.6 Å². The monoisotopic (exact) mass is 463 g/mol. The lowest BCUT2D eigenvalue weighted by molar-refractivity contribution is -0.127. The summed E-state index contributed by atoms with van der Waals surface area (Å²) >= 11 is 0. The van der Waals surface area contributed by atoms with E-state index in [1.165, 1.54) is 0 Å². The van der Waals surface area contributed by atoms with Gasteiger partial charge in [0.2, 0.25) is 5.91 Å². The molecule has 2 aliphatic heterocycles. The molecule has 0 spiro atoms. The van der Waals surface area contributed by atoms with Crippen LogP contribution in [0.4, 0.5) is 5.69 Å². The minimum atomic E-state index is -0.253. The Morgan fingerprint density at radius 2 is 1.91 bits per heavy atom. The van der Waals surface area contributed by atoms with Crippen LogP contribution >= 0.6 is 0 Å². The maximum Gasteiger partial charge on any atom is 0.293 e. The first-order valence-electron chi connectivity index (χ1n) is 11.2. The molecule has 2 aliphatic rings. The van der Waals surface area contributed by atoms with Crippen LogP contribution < -0.4 is 14.4 Å². The van der Waals surface area contributed by atoms with Crippen molar-refractivity contribution in [3.63, 3.8) is 0 Å². The summed E-state index contributed by atoms with van der Waals surface area (Å²) in [4.78, 5) is 31.0. The molecule has 4 rings (SSSR count). The van der Waals surface area contributed by atoms with E-state index < -0.39 is 0 Å². The van der Waals surface area contributed by atoms with Gasteiger partial charge in [0.25, 0.3) is 5.91 Å². The number of rotatable bonds is 6. The molecule has 34 heavy (non-hydrogen) atoms. The molecule has 0 radical (unpaired) electrons. The summed E-state index contributed by atoms with van der Waals surface area (Å²) in [6, 6.07) is 12.9. The molecule has 8 heteroatoms. The number of nitrogens with zero attached hydrogens (tertiary/aromatic N) is 3. The van der Waals surface area contributed by atoms with Crippen LogP contribution in [0.5, 0.6) is 11.5 Å². The number of anilines is 1. The molecule has 1 saturated heterocycles. The van der Waals surface area contributed by atoms with E-state index in [1.807, 2.05) is 36.4 Å². The van der Waals surface area contributed by atoms with Gasteiger partial charge < -0.3 is 24.4 Å². The van der Waals surface area contributed by atoms with Crippen molar-refractivity contribution >= 4 is 29.7 Å². The number of fused-ring (bicyclic) bond motifs is 1. The number of likely N-dealkylation sites (N-methyl/N-ethyl adjacent to an activating group) is 1. The highest BCUT2D eigenvalue weighted by Crippen LogP contribution is 2.35. The number of β-amino-alcohol motifs (C(OH)–C–C–N with tert-alkyl or cyclic N) is 1. The van der Waals surface area contributed by atoms with Crippen LogP contribution in [-0.2, 0) is 9.59 Å². The van der Waals surface area contributed by atoms with Crippen LogP contribution in [0.2, 0.25) is 0 Å². The van der Waals surface area contributed by atoms with E-state index in [1.54, 1.807) is 48.3 Å². The van der Waals surface area contributed by atoms with Gasteiger partial charge in [0.1, 0.15) is 5.75 Å². The third kappa shape index (κ3) is 5.13. The Hall–Kier alpha value is -3.62. The molecule has 2 heterocycles. The lowest BCUT2D eigenvalue weighted by Crippen LogP contribution is -2.48. The zero-order chi connectivity index (χ0) is 24.1. The standard InChI is InChI=1S/C26H29N3O5/c1-27-21-5-3-4-6-23(21)34-24(26(27)32)18-20-17-19(7-9-22(20)33-2)8-10-25(31)29-13-11-28(12-14-29)15-16-30/h3-10,17-18,30H,11-16H2,1-2H3/b10-8+,24-18-. The van der Waals surface area contributed by atoms with E-state index in [-0.39, 0.29) is 24.2 Å². The molecule has 2 amide bonds. The summed E-state index contributed by atoms with van der Waals surface area (Å²) in [5.74, 6) is 1.09. The molecule has 0 atom stereocenters. The predicted octanol–water partition coefficient (Wildman–Crippen LogP) is 2.24. The van der Waals surface area contributed by atoms with Crippen LogP contribution in [0, 0.1) is 0 Å². The van der Waals surface area contributed by atoms with Gasteiger partial charge in [-0.2, -0.15) is 0 Å². The van der Waals surface area contributed by atoms with Gasteiger partial charge in [0.05, 0.1) is 19.4 Å². The molecule has 2 aromatic rings. The Bertz CT molecular complexity index is 1120. The van der Waals surface area contributed by atoms with Gasteiger partial charge in [-0.1, -0.05) is 18.2 Å². The molecule has 0 bridgehead atoms. The Kier molecular flexibility index (Phi) is 7.30. The molecule has 8 nitrogen and oxygen atoms in total. The van der Waals surface area contributed by atoms with Crippen molar-refractivity contribution in [2.45, 2.75) is 0 Å². The van der Waals surface area contributed by atoms with Crippen molar-refractivity contribution < 1.29 is 24.2 Å².